The summed E-state index contributed by atoms with van der Waals surface area (Å²) in [6.45, 7) is 0.598. The van der Waals surface area contributed by atoms with Gasteiger partial charge in [0.2, 0.25) is 0 Å². The van der Waals surface area contributed by atoms with Crippen LogP contribution >= 0.6 is 11.6 Å². The summed E-state index contributed by atoms with van der Waals surface area (Å²) in [5.74, 6) is -0.0694. The second-order valence-corrected chi connectivity index (χ2v) is 7.26. The van der Waals surface area contributed by atoms with Gasteiger partial charge in [-0.15, -0.1) is 0 Å². The highest BCUT2D eigenvalue weighted by Gasteiger charge is 2.21. The number of fused-ring (bicyclic) bond motifs is 1. The maximum absolute atomic E-state index is 14.2. The van der Waals surface area contributed by atoms with Gasteiger partial charge in [0.15, 0.2) is 0 Å². The van der Waals surface area contributed by atoms with Crippen molar-refractivity contribution in [2.24, 2.45) is 0 Å². The van der Waals surface area contributed by atoms with Crippen molar-refractivity contribution >= 4 is 29.1 Å². The van der Waals surface area contributed by atoms with Crippen LogP contribution in [0.2, 0.25) is 5.02 Å². The number of phenols is 1. The standard InChI is InChI=1S/C23H20ClFN2O/c24-19-9-11-23(21(25)14-19)27-15-18-12-17(8-10-22(18)26-27)5-2-1-4-16-6-3-7-20(28)13-16/h1,3-4,6-14,26,28H,2,5,15H2/b4-1+. The molecule has 0 atom stereocenters. The predicted molar refractivity (Wildman–Crippen MR) is 113 cm³/mol. The number of nitrogens with one attached hydrogen (secondary N) is 1. The molecular formula is C23H20ClFN2O. The molecule has 0 unspecified atom stereocenters. The maximum atomic E-state index is 14.2. The molecule has 3 nitrogen and oxygen atoms in total. The summed E-state index contributed by atoms with van der Waals surface area (Å²) in [5.41, 5.74) is 8.08. The first kappa shape index (κ1) is 18.4. The van der Waals surface area contributed by atoms with E-state index in [1.54, 1.807) is 29.3 Å². The molecule has 1 aliphatic rings. The van der Waals surface area contributed by atoms with E-state index in [1.165, 1.54) is 11.6 Å². The Kier molecular flexibility index (Phi) is 5.22. The average Bonchev–Trinajstić information content (AvgIpc) is 3.08. The Hall–Kier alpha value is -2.98. The Morgan fingerprint density at radius 3 is 2.82 bits per heavy atom. The third-order valence-corrected chi connectivity index (χ3v) is 4.97. The number of allylic oxidation sites excluding steroid dienone is 1. The summed E-state index contributed by atoms with van der Waals surface area (Å²) in [5, 5.41) is 11.7. The minimum Gasteiger partial charge on any atom is -0.508 e. The van der Waals surface area contributed by atoms with E-state index < -0.39 is 0 Å². The summed E-state index contributed by atoms with van der Waals surface area (Å²) in [4.78, 5) is 0. The fourth-order valence-corrected chi connectivity index (χ4v) is 3.50. The number of rotatable bonds is 5. The van der Waals surface area contributed by atoms with Gasteiger partial charge >= 0.3 is 0 Å². The third kappa shape index (κ3) is 4.12. The van der Waals surface area contributed by atoms with Crippen LogP contribution in [0.25, 0.3) is 6.08 Å². The van der Waals surface area contributed by atoms with Crippen molar-refractivity contribution < 1.29 is 9.50 Å². The highest BCUT2D eigenvalue weighted by atomic mass is 35.5. The molecule has 1 aliphatic heterocycles. The SMILES string of the molecule is Oc1cccc(/C=C/CCc2ccc3c(c2)CN(c2ccc(Cl)cc2F)N3)c1. The third-order valence-electron chi connectivity index (χ3n) is 4.73. The summed E-state index contributed by atoms with van der Waals surface area (Å²) in [6.07, 6.45) is 5.94. The molecule has 4 rings (SSSR count). The minimum absolute atomic E-state index is 0.273. The van der Waals surface area contributed by atoms with Gasteiger partial charge in [-0.1, -0.05) is 48.0 Å². The molecule has 0 bridgehead atoms. The van der Waals surface area contributed by atoms with Gasteiger partial charge in [-0.3, -0.25) is 10.4 Å². The molecule has 1 heterocycles. The number of hydrazine groups is 1. The first-order valence-corrected chi connectivity index (χ1v) is 9.53. The van der Waals surface area contributed by atoms with Crippen LogP contribution in [0.3, 0.4) is 0 Å². The highest BCUT2D eigenvalue weighted by Crippen LogP contribution is 2.32. The number of aryl methyl sites for hydroxylation is 1. The summed E-state index contributed by atoms with van der Waals surface area (Å²) in [7, 11) is 0. The highest BCUT2D eigenvalue weighted by molar-refractivity contribution is 6.30. The molecular weight excluding hydrogens is 375 g/mol. The van der Waals surface area contributed by atoms with Gasteiger partial charge in [0.25, 0.3) is 0 Å². The molecule has 3 aromatic rings. The molecule has 5 heteroatoms. The molecule has 0 radical (unpaired) electrons. The number of nitrogens with zero attached hydrogens (tertiary/aromatic N) is 1. The lowest BCUT2D eigenvalue weighted by molar-refractivity contribution is 0.475. The van der Waals surface area contributed by atoms with E-state index in [2.05, 4.69) is 23.6 Å². The van der Waals surface area contributed by atoms with Crippen LogP contribution in [0.5, 0.6) is 5.75 Å². The molecule has 0 spiro atoms. The van der Waals surface area contributed by atoms with E-state index in [4.69, 9.17) is 11.6 Å². The lowest BCUT2D eigenvalue weighted by atomic mass is 10.0. The number of phenolic OH excluding ortho intramolecular Hbond substituents is 1. The molecule has 0 amide bonds. The van der Waals surface area contributed by atoms with Crippen molar-refractivity contribution in [2.45, 2.75) is 19.4 Å². The Balaban J connectivity index is 1.39. The van der Waals surface area contributed by atoms with Gasteiger partial charge in [0.05, 0.1) is 17.9 Å². The molecule has 0 aromatic heterocycles. The fraction of sp³-hybridized carbons (Fsp3) is 0.130. The Morgan fingerprint density at radius 1 is 1.11 bits per heavy atom. The van der Waals surface area contributed by atoms with E-state index in [9.17, 15) is 9.50 Å². The molecule has 0 fully saturated rings. The summed E-state index contributed by atoms with van der Waals surface area (Å²) >= 11 is 5.84. The number of hydrogen-bond donors (Lipinski definition) is 2. The van der Waals surface area contributed by atoms with Crippen LogP contribution in [0.15, 0.2) is 66.7 Å². The van der Waals surface area contributed by atoms with Crippen molar-refractivity contribution in [3.8, 4) is 5.75 Å². The Labute approximate surface area is 168 Å². The van der Waals surface area contributed by atoms with Crippen molar-refractivity contribution in [3.63, 3.8) is 0 Å². The monoisotopic (exact) mass is 394 g/mol. The summed E-state index contributed by atoms with van der Waals surface area (Å²) in [6, 6.07) is 18.2. The zero-order chi connectivity index (χ0) is 19.5. The minimum atomic E-state index is -0.342. The van der Waals surface area contributed by atoms with Gasteiger partial charge in [0.1, 0.15) is 11.6 Å². The topological polar surface area (TPSA) is 35.5 Å². The largest absolute Gasteiger partial charge is 0.508 e. The molecule has 0 aliphatic carbocycles. The van der Waals surface area contributed by atoms with E-state index >= 15 is 0 Å². The average molecular weight is 395 g/mol. The van der Waals surface area contributed by atoms with Crippen LogP contribution in [-0.4, -0.2) is 5.11 Å². The second-order valence-electron chi connectivity index (χ2n) is 6.82. The van der Waals surface area contributed by atoms with Gasteiger partial charge in [-0.05, 0) is 65.9 Å². The van der Waals surface area contributed by atoms with Crippen molar-refractivity contribution in [3.05, 3.63) is 94.3 Å². The van der Waals surface area contributed by atoms with E-state index in [0.717, 1.165) is 29.7 Å². The van der Waals surface area contributed by atoms with E-state index in [-0.39, 0.29) is 11.6 Å². The predicted octanol–water partition coefficient (Wildman–Crippen LogP) is 6.18. The first-order valence-electron chi connectivity index (χ1n) is 9.15. The van der Waals surface area contributed by atoms with Crippen LogP contribution < -0.4 is 10.4 Å². The second kappa shape index (κ2) is 7.95. The molecule has 28 heavy (non-hydrogen) atoms. The maximum Gasteiger partial charge on any atom is 0.149 e. The quantitative estimate of drug-likeness (QED) is 0.542. The number of aromatic hydroxyl groups is 1. The Bertz CT molecular complexity index is 1030. The molecule has 3 aromatic carbocycles. The van der Waals surface area contributed by atoms with E-state index in [0.29, 0.717) is 17.3 Å². The zero-order valence-electron chi connectivity index (χ0n) is 15.2. The van der Waals surface area contributed by atoms with Crippen LogP contribution in [-0.2, 0) is 13.0 Å². The fourth-order valence-electron chi connectivity index (χ4n) is 3.34. The van der Waals surface area contributed by atoms with Gasteiger partial charge < -0.3 is 5.11 Å². The van der Waals surface area contributed by atoms with Crippen molar-refractivity contribution in [2.75, 3.05) is 10.4 Å². The van der Waals surface area contributed by atoms with Gasteiger partial charge in [0, 0.05) is 5.02 Å². The van der Waals surface area contributed by atoms with Crippen LogP contribution in [0, 0.1) is 5.82 Å². The number of benzene rings is 3. The zero-order valence-corrected chi connectivity index (χ0v) is 16.0. The lowest BCUT2D eigenvalue weighted by Gasteiger charge is -2.19. The number of hydrogen-bond acceptors (Lipinski definition) is 3. The normalized spacial score (nSPS) is 13.0. The molecule has 2 N–H and O–H groups in total. The molecule has 0 saturated heterocycles. The summed E-state index contributed by atoms with van der Waals surface area (Å²) < 4.78 is 14.2. The molecule has 142 valence electrons. The lowest BCUT2D eigenvalue weighted by Crippen LogP contribution is -2.23. The van der Waals surface area contributed by atoms with Gasteiger partial charge in [-0.25, -0.2) is 4.39 Å². The van der Waals surface area contributed by atoms with Crippen LogP contribution in [0.4, 0.5) is 15.8 Å². The smallest absolute Gasteiger partial charge is 0.149 e. The molecule has 0 saturated carbocycles. The van der Waals surface area contributed by atoms with E-state index in [1.807, 2.05) is 24.3 Å². The van der Waals surface area contributed by atoms with Crippen molar-refractivity contribution in [1.82, 2.24) is 0 Å². The Morgan fingerprint density at radius 2 is 2.00 bits per heavy atom. The number of anilines is 2. The van der Waals surface area contributed by atoms with Crippen LogP contribution in [0.1, 0.15) is 23.1 Å². The number of halogens is 2. The van der Waals surface area contributed by atoms with Gasteiger partial charge in [-0.2, -0.15) is 0 Å². The first-order chi connectivity index (χ1) is 13.6. The van der Waals surface area contributed by atoms with Crippen molar-refractivity contribution in [1.29, 1.82) is 0 Å².